The molecule has 1 aromatic carbocycles. The molecule has 0 unspecified atom stereocenters. The molecule has 9 nitrogen and oxygen atoms in total. The summed E-state index contributed by atoms with van der Waals surface area (Å²) in [7, 11) is -0.178. The molecular formula is C20H32N4O5S. The monoisotopic (exact) mass is 440 g/mol. The van der Waals surface area contributed by atoms with E-state index in [2.05, 4.69) is 16.7 Å². The lowest BCUT2D eigenvalue weighted by Crippen LogP contribution is -2.48. The van der Waals surface area contributed by atoms with Gasteiger partial charge in [0.2, 0.25) is 10.0 Å². The number of nitro groups is 1. The van der Waals surface area contributed by atoms with Crippen LogP contribution >= 0.6 is 0 Å². The molecule has 0 bridgehead atoms. The van der Waals surface area contributed by atoms with Crippen molar-refractivity contribution in [2.24, 2.45) is 0 Å². The van der Waals surface area contributed by atoms with Crippen molar-refractivity contribution in [3.05, 3.63) is 28.3 Å². The van der Waals surface area contributed by atoms with Gasteiger partial charge in [0.25, 0.3) is 5.69 Å². The predicted molar refractivity (Wildman–Crippen MR) is 115 cm³/mol. The van der Waals surface area contributed by atoms with Crippen LogP contribution in [0.1, 0.15) is 32.6 Å². The number of benzene rings is 1. The molecule has 0 aliphatic carbocycles. The zero-order valence-corrected chi connectivity index (χ0v) is 18.9. The molecule has 30 heavy (non-hydrogen) atoms. The maximum Gasteiger partial charge on any atom is 0.293 e. The first-order valence-electron chi connectivity index (χ1n) is 10.5. The Morgan fingerprint density at radius 3 is 2.50 bits per heavy atom. The zero-order chi connectivity index (χ0) is 21.9. The average molecular weight is 441 g/mol. The molecule has 0 aromatic heterocycles. The van der Waals surface area contributed by atoms with Crippen LogP contribution in [0.15, 0.2) is 23.1 Å². The van der Waals surface area contributed by atoms with Crippen molar-refractivity contribution in [3.63, 3.8) is 0 Å². The average Bonchev–Trinajstić information content (AvgIpc) is 3.11. The van der Waals surface area contributed by atoms with Gasteiger partial charge >= 0.3 is 0 Å². The van der Waals surface area contributed by atoms with Crippen molar-refractivity contribution in [1.29, 1.82) is 0 Å². The van der Waals surface area contributed by atoms with Crippen molar-refractivity contribution < 1.29 is 18.1 Å². The number of nitrogens with zero attached hydrogens (tertiary/aromatic N) is 4. The highest BCUT2D eigenvalue weighted by atomic mass is 32.2. The topological polar surface area (TPSA) is 96.2 Å². The maximum atomic E-state index is 13.1. The van der Waals surface area contributed by atoms with Gasteiger partial charge in [-0.15, -0.1) is 0 Å². The molecule has 0 amide bonds. The SMILES string of the molecule is CCC[C@@]1(COC)CCCN1c1ccc(S(=O)(=O)N2CCN(C)CC2)cc1[N+](=O)[O-]. The molecule has 1 atom stereocenters. The number of ether oxygens (including phenoxy) is 1. The first-order valence-corrected chi connectivity index (χ1v) is 11.9. The Labute approximate surface area is 178 Å². The molecule has 0 saturated carbocycles. The summed E-state index contributed by atoms with van der Waals surface area (Å²) in [4.78, 5) is 15.6. The predicted octanol–water partition coefficient (Wildman–Crippen LogP) is 2.32. The Bertz CT molecular complexity index is 862. The molecule has 1 aromatic rings. The summed E-state index contributed by atoms with van der Waals surface area (Å²) >= 11 is 0. The van der Waals surface area contributed by atoms with E-state index in [4.69, 9.17) is 4.74 Å². The fourth-order valence-electron chi connectivity index (χ4n) is 4.75. The van der Waals surface area contributed by atoms with Gasteiger partial charge in [-0.3, -0.25) is 10.1 Å². The first kappa shape index (κ1) is 22.9. The number of sulfonamides is 1. The van der Waals surface area contributed by atoms with E-state index in [1.807, 2.05) is 7.05 Å². The summed E-state index contributed by atoms with van der Waals surface area (Å²) < 4.78 is 33.1. The van der Waals surface area contributed by atoms with Gasteiger partial charge in [0.1, 0.15) is 5.69 Å². The largest absolute Gasteiger partial charge is 0.382 e. The third kappa shape index (κ3) is 4.32. The molecule has 2 saturated heterocycles. The van der Waals surface area contributed by atoms with Gasteiger partial charge in [-0.1, -0.05) is 13.3 Å². The molecule has 0 N–H and O–H groups in total. The van der Waals surface area contributed by atoms with Gasteiger partial charge < -0.3 is 14.5 Å². The number of anilines is 1. The Hall–Kier alpha value is -1.75. The number of hydrogen-bond acceptors (Lipinski definition) is 7. The van der Waals surface area contributed by atoms with Crippen LogP contribution in [-0.4, -0.2) is 81.6 Å². The summed E-state index contributed by atoms with van der Waals surface area (Å²) in [5.41, 5.74) is 0.00977. The van der Waals surface area contributed by atoms with E-state index in [-0.39, 0.29) is 16.1 Å². The van der Waals surface area contributed by atoms with E-state index in [1.54, 1.807) is 13.2 Å². The second-order valence-corrected chi connectivity index (χ2v) is 10.2. The molecule has 0 radical (unpaired) electrons. The number of likely N-dealkylation sites (N-methyl/N-ethyl adjacent to an activating group) is 1. The third-order valence-electron chi connectivity index (χ3n) is 6.26. The fraction of sp³-hybridized carbons (Fsp3) is 0.700. The minimum Gasteiger partial charge on any atom is -0.382 e. The number of piperazine rings is 1. The summed E-state index contributed by atoms with van der Waals surface area (Å²) in [6.07, 6.45) is 3.61. The Kier molecular flexibility index (Phi) is 7.01. The smallest absolute Gasteiger partial charge is 0.293 e. The third-order valence-corrected chi connectivity index (χ3v) is 8.15. The molecule has 2 fully saturated rings. The zero-order valence-electron chi connectivity index (χ0n) is 18.0. The summed E-state index contributed by atoms with van der Waals surface area (Å²) in [5, 5.41) is 11.9. The van der Waals surface area contributed by atoms with Crippen LogP contribution in [0.5, 0.6) is 0 Å². The highest BCUT2D eigenvalue weighted by Gasteiger charge is 2.43. The lowest BCUT2D eigenvalue weighted by atomic mass is 9.91. The molecule has 0 spiro atoms. The Morgan fingerprint density at radius 1 is 1.20 bits per heavy atom. The van der Waals surface area contributed by atoms with Gasteiger partial charge in [-0.2, -0.15) is 4.31 Å². The second-order valence-electron chi connectivity index (χ2n) is 8.28. The van der Waals surface area contributed by atoms with Crippen LogP contribution in [0, 0.1) is 10.1 Å². The molecule has 10 heteroatoms. The van der Waals surface area contributed by atoms with E-state index < -0.39 is 14.9 Å². The van der Waals surface area contributed by atoms with E-state index >= 15 is 0 Å². The van der Waals surface area contributed by atoms with Gasteiger partial charge in [-0.25, -0.2) is 8.42 Å². The van der Waals surface area contributed by atoms with Crippen LogP contribution in [0.3, 0.4) is 0 Å². The van der Waals surface area contributed by atoms with Crippen molar-refractivity contribution in [1.82, 2.24) is 9.21 Å². The minimum atomic E-state index is -3.77. The summed E-state index contributed by atoms with van der Waals surface area (Å²) in [6, 6.07) is 4.34. The number of rotatable bonds is 8. The van der Waals surface area contributed by atoms with Crippen molar-refractivity contribution in [3.8, 4) is 0 Å². The van der Waals surface area contributed by atoms with Crippen LogP contribution in [0.4, 0.5) is 11.4 Å². The van der Waals surface area contributed by atoms with Crippen LogP contribution in [-0.2, 0) is 14.8 Å². The molecule has 3 rings (SSSR count). The Balaban J connectivity index is 1.99. The lowest BCUT2D eigenvalue weighted by molar-refractivity contribution is -0.384. The fourth-order valence-corrected chi connectivity index (χ4v) is 6.19. The molecule has 2 aliphatic rings. The van der Waals surface area contributed by atoms with E-state index in [9.17, 15) is 18.5 Å². The van der Waals surface area contributed by atoms with Crippen molar-refractivity contribution in [2.45, 2.75) is 43.0 Å². The van der Waals surface area contributed by atoms with E-state index in [1.165, 1.54) is 16.4 Å². The maximum absolute atomic E-state index is 13.1. The van der Waals surface area contributed by atoms with Crippen LogP contribution in [0.25, 0.3) is 0 Å². The normalized spacial score (nSPS) is 23.8. The van der Waals surface area contributed by atoms with Crippen molar-refractivity contribution in [2.75, 3.05) is 58.4 Å². The summed E-state index contributed by atoms with van der Waals surface area (Å²) in [6.45, 7) is 5.32. The van der Waals surface area contributed by atoms with Gasteiger partial charge in [-0.05, 0) is 38.4 Å². The van der Waals surface area contributed by atoms with Crippen LogP contribution in [0.2, 0.25) is 0 Å². The molecule has 2 heterocycles. The minimum absolute atomic E-state index is 0.0190. The molecular weight excluding hydrogens is 408 g/mol. The second kappa shape index (κ2) is 9.17. The number of nitro benzene ring substituents is 1. The highest BCUT2D eigenvalue weighted by Crippen LogP contribution is 2.42. The first-order chi connectivity index (χ1) is 14.2. The Morgan fingerprint density at radius 2 is 1.90 bits per heavy atom. The lowest BCUT2D eigenvalue weighted by Gasteiger charge is -2.39. The molecule has 2 aliphatic heterocycles. The van der Waals surface area contributed by atoms with E-state index in [0.29, 0.717) is 45.0 Å². The quantitative estimate of drug-likeness (QED) is 0.452. The van der Waals surface area contributed by atoms with E-state index in [0.717, 1.165) is 25.7 Å². The van der Waals surface area contributed by atoms with Gasteiger partial charge in [0.05, 0.1) is 22.0 Å². The van der Waals surface area contributed by atoms with Crippen LogP contribution < -0.4 is 4.90 Å². The number of methoxy groups -OCH3 is 1. The highest BCUT2D eigenvalue weighted by molar-refractivity contribution is 7.89. The van der Waals surface area contributed by atoms with Gasteiger partial charge in [0, 0.05) is 45.9 Å². The number of hydrogen-bond donors (Lipinski definition) is 0. The summed E-state index contributed by atoms with van der Waals surface area (Å²) in [5.74, 6) is 0. The van der Waals surface area contributed by atoms with Gasteiger partial charge in [0.15, 0.2) is 0 Å². The van der Waals surface area contributed by atoms with Crippen molar-refractivity contribution >= 4 is 21.4 Å². The standard InChI is InChI=1S/C20H32N4O5S/c1-4-8-20(16-29-3)9-5-10-23(20)18-7-6-17(15-19(18)24(25)26)30(27,28)22-13-11-21(2)12-14-22/h6-7,15H,4-5,8-14,16H2,1-3H3/t20-/m0/s1. The molecule has 168 valence electrons.